The highest BCUT2D eigenvalue weighted by atomic mass is 16.5. The highest BCUT2D eigenvalue weighted by Crippen LogP contribution is 2.23. The van der Waals surface area contributed by atoms with Crippen LogP contribution in [0.2, 0.25) is 0 Å². The average molecular weight is 277 g/mol. The molecule has 1 amide bonds. The third kappa shape index (κ3) is 2.17. The molecule has 2 aromatic rings. The van der Waals surface area contributed by atoms with E-state index in [0.717, 1.165) is 6.42 Å². The number of nitrogens with one attached hydrogen (secondary N) is 1. The maximum absolute atomic E-state index is 11.4. The van der Waals surface area contributed by atoms with Crippen molar-refractivity contribution >= 4 is 22.9 Å². The number of nitrogens with zero attached hydrogens (tertiary/aromatic N) is 4. The van der Waals surface area contributed by atoms with Gasteiger partial charge in [-0.25, -0.2) is 20.8 Å². The number of hydrogen-bond acceptors (Lipinski definition) is 7. The zero-order valence-electron chi connectivity index (χ0n) is 10.7. The molecule has 9 heteroatoms. The van der Waals surface area contributed by atoms with Crippen molar-refractivity contribution in [2.24, 2.45) is 5.84 Å². The number of amides is 1. The van der Waals surface area contributed by atoms with Crippen molar-refractivity contribution in [3.8, 4) is 0 Å². The lowest BCUT2D eigenvalue weighted by atomic mass is 10.2. The van der Waals surface area contributed by atoms with E-state index in [1.54, 1.807) is 6.33 Å². The van der Waals surface area contributed by atoms with E-state index in [-0.39, 0.29) is 12.0 Å². The van der Waals surface area contributed by atoms with Gasteiger partial charge in [-0.05, 0) is 12.8 Å². The zero-order chi connectivity index (χ0) is 14.1. The first-order valence-electron chi connectivity index (χ1n) is 6.26. The van der Waals surface area contributed by atoms with E-state index >= 15 is 0 Å². The molecule has 2 atom stereocenters. The van der Waals surface area contributed by atoms with Crippen LogP contribution in [0.1, 0.15) is 12.8 Å². The van der Waals surface area contributed by atoms with Gasteiger partial charge >= 0.3 is 0 Å². The molecular formula is C11H15N7O2. The van der Waals surface area contributed by atoms with Gasteiger partial charge in [-0.2, -0.15) is 0 Å². The second kappa shape index (κ2) is 5.02. The highest BCUT2D eigenvalue weighted by molar-refractivity contribution is 5.81. The van der Waals surface area contributed by atoms with Crippen LogP contribution in [-0.2, 0) is 16.1 Å². The molecular weight excluding hydrogens is 262 g/mol. The number of nitrogens with two attached hydrogens (primary N) is 2. The lowest BCUT2D eigenvalue weighted by Gasteiger charge is -2.13. The van der Waals surface area contributed by atoms with Gasteiger partial charge in [0.25, 0.3) is 5.91 Å². The zero-order valence-corrected chi connectivity index (χ0v) is 10.7. The van der Waals surface area contributed by atoms with Crippen LogP contribution in [0, 0.1) is 0 Å². The Labute approximate surface area is 114 Å². The molecule has 106 valence electrons. The summed E-state index contributed by atoms with van der Waals surface area (Å²) in [5.74, 6) is 5.15. The van der Waals surface area contributed by atoms with Gasteiger partial charge in [0.1, 0.15) is 17.9 Å². The number of nitrogen functional groups attached to an aromatic ring is 1. The van der Waals surface area contributed by atoms with Gasteiger partial charge in [-0.15, -0.1) is 0 Å². The van der Waals surface area contributed by atoms with Crippen LogP contribution in [0.25, 0.3) is 11.2 Å². The molecule has 20 heavy (non-hydrogen) atoms. The van der Waals surface area contributed by atoms with E-state index in [1.165, 1.54) is 6.33 Å². The molecule has 1 saturated heterocycles. The van der Waals surface area contributed by atoms with Crippen molar-refractivity contribution in [1.29, 1.82) is 0 Å². The molecule has 1 aliphatic rings. The highest BCUT2D eigenvalue weighted by Gasteiger charge is 2.30. The number of imidazole rings is 1. The third-order valence-electron chi connectivity index (χ3n) is 3.37. The van der Waals surface area contributed by atoms with Crippen molar-refractivity contribution in [1.82, 2.24) is 24.9 Å². The Morgan fingerprint density at radius 3 is 3.10 bits per heavy atom. The number of carbonyl (C=O) groups is 1. The SMILES string of the molecule is NNC(=O)C1CCC(Cn2cnc3c(N)ncnc32)O1. The van der Waals surface area contributed by atoms with Gasteiger partial charge in [0.15, 0.2) is 11.5 Å². The van der Waals surface area contributed by atoms with Gasteiger partial charge < -0.3 is 15.0 Å². The minimum Gasteiger partial charge on any atom is -0.382 e. The molecule has 0 aromatic carbocycles. The summed E-state index contributed by atoms with van der Waals surface area (Å²) < 4.78 is 7.50. The number of hydrogen-bond donors (Lipinski definition) is 3. The quantitative estimate of drug-likeness (QED) is 0.370. The second-order valence-corrected chi connectivity index (χ2v) is 4.66. The molecule has 2 unspecified atom stereocenters. The van der Waals surface area contributed by atoms with Gasteiger partial charge in [0.05, 0.1) is 19.0 Å². The molecule has 0 spiro atoms. The summed E-state index contributed by atoms with van der Waals surface area (Å²) in [5.41, 5.74) is 9.07. The van der Waals surface area contributed by atoms with E-state index in [4.69, 9.17) is 16.3 Å². The summed E-state index contributed by atoms with van der Waals surface area (Å²) in [6, 6.07) is 0. The lowest BCUT2D eigenvalue weighted by molar-refractivity contribution is -0.132. The fraction of sp³-hybridized carbons (Fsp3) is 0.455. The average Bonchev–Trinajstić information content (AvgIpc) is 3.07. The number of fused-ring (bicyclic) bond motifs is 1. The topological polar surface area (TPSA) is 134 Å². The Hall–Kier alpha value is -2.26. The lowest BCUT2D eigenvalue weighted by Crippen LogP contribution is -2.39. The van der Waals surface area contributed by atoms with Gasteiger partial charge in [-0.1, -0.05) is 0 Å². The summed E-state index contributed by atoms with van der Waals surface area (Å²) in [6.45, 7) is 0.557. The fourth-order valence-corrected chi connectivity index (χ4v) is 2.38. The van der Waals surface area contributed by atoms with E-state index in [9.17, 15) is 4.79 Å². The van der Waals surface area contributed by atoms with Crippen molar-refractivity contribution in [3.63, 3.8) is 0 Å². The Kier molecular flexibility index (Phi) is 3.20. The molecule has 0 aliphatic carbocycles. The molecule has 0 radical (unpaired) electrons. The minimum atomic E-state index is -0.487. The van der Waals surface area contributed by atoms with E-state index in [1.807, 2.05) is 4.57 Å². The molecule has 3 heterocycles. The number of ether oxygens (including phenoxy) is 1. The number of anilines is 1. The molecule has 9 nitrogen and oxygen atoms in total. The van der Waals surface area contributed by atoms with Crippen LogP contribution >= 0.6 is 0 Å². The Morgan fingerprint density at radius 1 is 1.45 bits per heavy atom. The van der Waals surface area contributed by atoms with Crippen molar-refractivity contribution in [2.45, 2.75) is 31.6 Å². The fourth-order valence-electron chi connectivity index (χ4n) is 2.38. The van der Waals surface area contributed by atoms with Crippen LogP contribution in [0.3, 0.4) is 0 Å². The predicted molar refractivity (Wildman–Crippen MR) is 70.0 cm³/mol. The van der Waals surface area contributed by atoms with Gasteiger partial charge in [0.2, 0.25) is 0 Å². The van der Waals surface area contributed by atoms with E-state index in [0.29, 0.717) is 29.9 Å². The molecule has 1 aliphatic heterocycles. The van der Waals surface area contributed by atoms with E-state index in [2.05, 4.69) is 20.4 Å². The number of aromatic nitrogens is 4. The van der Waals surface area contributed by atoms with Crippen LogP contribution in [0.5, 0.6) is 0 Å². The van der Waals surface area contributed by atoms with Crippen molar-refractivity contribution < 1.29 is 9.53 Å². The Bertz CT molecular complexity index is 641. The molecule has 0 bridgehead atoms. The van der Waals surface area contributed by atoms with Gasteiger partial charge in [0, 0.05) is 0 Å². The third-order valence-corrected chi connectivity index (χ3v) is 3.37. The first kappa shape index (κ1) is 12.8. The molecule has 5 N–H and O–H groups in total. The smallest absolute Gasteiger partial charge is 0.263 e. The largest absolute Gasteiger partial charge is 0.382 e. The van der Waals surface area contributed by atoms with Crippen molar-refractivity contribution in [2.75, 3.05) is 5.73 Å². The summed E-state index contributed by atoms with van der Waals surface area (Å²) >= 11 is 0. The number of hydrazine groups is 1. The monoisotopic (exact) mass is 277 g/mol. The van der Waals surface area contributed by atoms with E-state index < -0.39 is 6.10 Å². The van der Waals surface area contributed by atoms with Crippen LogP contribution in [-0.4, -0.2) is 37.6 Å². The van der Waals surface area contributed by atoms with Crippen LogP contribution < -0.4 is 17.0 Å². The summed E-state index contributed by atoms with van der Waals surface area (Å²) in [7, 11) is 0. The number of carbonyl (C=O) groups excluding carboxylic acids is 1. The number of rotatable bonds is 3. The normalized spacial score (nSPS) is 22.2. The first-order valence-corrected chi connectivity index (χ1v) is 6.26. The second-order valence-electron chi connectivity index (χ2n) is 4.66. The molecule has 0 saturated carbocycles. The first-order chi connectivity index (χ1) is 9.69. The van der Waals surface area contributed by atoms with Crippen LogP contribution in [0.4, 0.5) is 5.82 Å². The van der Waals surface area contributed by atoms with Gasteiger partial charge in [-0.3, -0.25) is 10.2 Å². The molecule has 3 rings (SSSR count). The predicted octanol–water partition coefficient (Wildman–Crippen LogP) is -1.05. The van der Waals surface area contributed by atoms with Crippen molar-refractivity contribution in [3.05, 3.63) is 12.7 Å². The molecule has 1 fully saturated rings. The standard InChI is InChI=1S/C11H15N7O2/c12-9-8-10(15-4-14-9)18(5-16-8)3-6-1-2-7(20-6)11(19)17-13/h4-7H,1-3,13H2,(H,17,19)(H2,12,14,15). The minimum absolute atomic E-state index is 0.0779. The summed E-state index contributed by atoms with van der Waals surface area (Å²) in [6.07, 6.45) is 3.91. The van der Waals surface area contributed by atoms with Crippen LogP contribution in [0.15, 0.2) is 12.7 Å². The summed E-state index contributed by atoms with van der Waals surface area (Å²) in [4.78, 5) is 23.7. The maximum Gasteiger partial charge on any atom is 0.263 e. The molecule has 2 aromatic heterocycles. The maximum atomic E-state index is 11.4. The summed E-state index contributed by atoms with van der Waals surface area (Å²) in [5, 5.41) is 0. The Balaban J connectivity index is 1.75. The Morgan fingerprint density at radius 2 is 2.30 bits per heavy atom.